The number of methoxy groups -OCH3 is 1. The molecule has 12 heavy (non-hydrogen) atoms. The van der Waals surface area contributed by atoms with Gasteiger partial charge >= 0.3 is 0 Å². The monoisotopic (exact) mass is 170 g/mol. The van der Waals surface area contributed by atoms with Gasteiger partial charge in [-0.25, -0.2) is 0 Å². The SMILES string of the molecule is COC1(C(=N)N(C)C)CCCC1. The quantitative estimate of drug-likeness (QED) is 0.503. The number of likely N-dealkylation sites (N-methyl/N-ethyl adjacent to an activating group) is 1. The first-order valence-electron chi connectivity index (χ1n) is 4.44. The Hall–Kier alpha value is -0.570. The van der Waals surface area contributed by atoms with Crippen molar-refractivity contribution in [3.8, 4) is 0 Å². The van der Waals surface area contributed by atoms with Gasteiger partial charge in [0.25, 0.3) is 0 Å². The maximum absolute atomic E-state index is 7.89. The van der Waals surface area contributed by atoms with E-state index < -0.39 is 0 Å². The predicted octanol–water partition coefficient (Wildman–Crippen LogP) is 1.48. The first-order chi connectivity index (χ1) is 5.62. The second-order valence-corrected chi connectivity index (χ2v) is 3.65. The van der Waals surface area contributed by atoms with Gasteiger partial charge < -0.3 is 9.64 Å². The number of hydrogen-bond donors (Lipinski definition) is 1. The summed E-state index contributed by atoms with van der Waals surface area (Å²) in [6.45, 7) is 0. The van der Waals surface area contributed by atoms with Crippen LogP contribution in [0, 0.1) is 5.41 Å². The Balaban J connectivity index is 2.72. The lowest BCUT2D eigenvalue weighted by Gasteiger charge is -2.31. The fraction of sp³-hybridized carbons (Fsp3) is 0.889. The predicted molar refractivity (Wildman–Crippen MR) is 49.6 cm³/mol. The Morgan fingerprint density at radius 2 is 1.83 bits per heavy atom. The van der Waals surface area contributed by atoms with Crippen molar-refractivity contribution >= 4 is 5.84 Å². The summed E-state index contributed by atoms with van der Waals surface area (Å²) < 4.78 is 5.46. The Morgan fingerprint density at radius 1 is 1.33 bits per heavy atom. The third kappa shape index (κ3) is 1.46. The normalized spacial score (nSPS) is 20.9. The fourth-order valence-electron chi connectivity index (χ4n) is 1.89. The van der Waals surface area contributed by atoms with Gasteiger partial charge in [-0.1, -0.05) is 0 Å². The maximum Gasteiger partial charge on any atom is 0.128 e. The summed E-state index contributed by atoms with van der Waals surface area (Å²) in [7, 11) is 5.52. The highest BCUT2D eigenvalue weighted by atomic mass is 16.5. The third-order valence-electron chi connectivity index (χ3n) is 2.68. The minimum Gasteiger partial charge on any atom is -0.370 e. The van der Waals surface area contributed by atoms with E-state index in [1.165, 1.54) is 12.8 Å². The van der Waals surface area contributed by atoms with Crippen LogP contribution in [0.15, 0.2) is 0 Å². The van der Waals surface area contributed by atoms with Gasteiger partial charge in [-0.05, 0) is 25.7 Å². The summed E-state index contributed by atoms with van der Waals surface area (Å²) in [6, 6.07) is 0. The van der Waals surface area contributed by atoms with Crippen molar-refractivity contribution in [2.45, 2.75) is 31.3 Å². The topological polar surface area (TPSA) is 36.3 Å². The molecule has 0 radical (unpaired) electrons. The van der Waals surface area contributed by atoms with Gasteiger partial charge in [0, 0.05) is 21.2 Å². The minimum atomic E-state index is -0.274. The van der Waals surface area contributed by atoms with Crippen molar-refractivity contribution in [1.29, 1.82) is 5.41 Å². The summed E-state index contributed by atoms with van der Waals surface area (Å²) >= 11 is 0. The minimum absolute atomic E-state index is 0.274. The van der Waals surface area contributed by atoms with E-state index in [4.69, 9.17) is 10.1 Å². The van der Waals surface area contributed by atoms with Crippen LogP contribution in [0.1, 0.15) is 25.7 Å². The summed E-state index contributed by atoms with van der Waals surface area (Å²) in [5.74, 6) is 0.613. The maximum atomic E-state index is 7.89. The average molecular weight is 170 g/mol. The van der Waals surface area contributed by atoms with Crippen LogP contribution < -0.4 is 0 Å². The molecule has 1 saturated carbocycles. The van der Waals surface area contributed by atoms with Crippen LogP contribution in [0.3, 0.4) is 0 Å². The first kappa shape index (κ1) is 9.52. The smallest absolute Gasteiger partial charge is 0.128 e. The van der Waals surface area contributed by atoms with Crippen molar-refractivity contribution in [2.24, 2.45) is 0 Å². The molecule has 3 heteroatoms. The van der Waals surface area contributed by atoms with E-state index in [-0.39, 0.29) is 5.60 Å². The summed E-state index contributed by atoms with van der Waals surface area (Å²) in [5.41, 5.74) is -0.274. The molecule has 1 fully saturated rings. The van der Waals surface area contributed by atoms with Gasteiger partial charge in [-0.3, -0.25) is 5.41 Å². The number of nitrogens with zero attached hydrogens (tertiary/aromatic N) is 1. The fourth-order valence-corrected chi connectivity index (χ4v) is 1.89. The highest BCUT2D eigenvalue weighted by Crippen LogP contribution is 2.33. The van der Waals surface area contributed by atoms with Gasteiger partial charge in [0.2, 0.25) is 0 Å². The first-order valence-corrected chi connectivity index (χ1v) is 4.44. The molecule has 1 rings (SSSR count). The van der Waals surface area contributed by atoms with E-state index in [9.17, 15) is 0 Å². The van der Waals surface area contributed by atoms with Crippen molar-refractivity contribution < 1.29 is 4.74 Å². The van der Waals surface area contributed by atoms with Gasteiger partial charge in [-0.2, -0.15) is 0 Å². The molecule has 1 aliphatic rings. The highest BCUT2D eigenvalue weighted by Gasteiger charge is 2.39. The molecule has 1 N–H and O–H groups in total. The van der Waals surface area contributed by atoms with Crippen LogP contribution in [-0.4, -0.2) is 37.5 Å². The molecule has 0 unspecified atom stereocenters. The van der Waals surface area contributed by atoms with Gasteiger partial charge in [-0.15, -0.1) is 0 Å². The van der Waals surface area contributed by atoms with Crippen molar-refractivity contribution in [2.75, 3.05) is 21.2 Å². The zero-order chi connectivity index (χ0) is 9.19. The zero-order valence-corrected chi connectivity index (χ0v) is 8.18. The van der Waals surface area contributed by atoms with Crippen molar-refractivity contribution in [3.05, 3.63) is 0 Å². The second-order valence-electron chi connectivity index (χ2n) is 3.65. The molecule has 0 aliphatic heterocycles. The van der Waals surface area contributed by atoms with Crippen molar-refractivity contribution in [3.63, 3.8) is 0 Å². The van der Waals surface area contributed by atoms with Crippen LogP contribution in [0.4, 0.5) is 0 Å². The van der Waals surface area contributed by atoms with E-state index in [1.54, 1.807) is 7.11 Å². The van der Waals surface area contributed by atoms with E-state index in [2.05, 4.69) is 0 Å². The molecular formula is C9H18N2O. The van der Waals surface area contributed by atoms with Crippen LogP contribution >= 0.6 is 0 Å². The lowest BCUT2D eigenvalue weighted by atomic mass is 10.00. The van der Waals surface area contributed by atoms with Crippen molar-refractivity contribution in [1.82, 2.24) is 4.90 Å². The molecule has 0 heterocycles. The summed E-state index contributed by atoms with van der Waals surface area (Å²) in [6.07, 6.45) is 4.37. The molecule has 0 atom stereocenters. The number of nitrogens with one attached hydrogen (secondary N) is 1. The Labute approximate surface area is 74.2 Å². The molecule has 70 valence electrons. The molecule has 0 amide bonds. The number of amidine groups is 1. The molecular weight excluding hydrogens is 152 g/mol. The number of ether oxygens (including phenoxy) is 1. The molecule has 0 aromatic heterocycles. The lowest BCUT2D eigenvalue weighted by Crippen LogP contribution is -2.45. The zero-order valence-electron chi connectivity index (χ0n) is 8.18. The van der Waals surface area contributed by atoms with Crippen LogP contribution in [-0.2, 0) is 4.74 Å². The molecule has 0 aromatic carbocycles. The lowest BCUT2D eigenvalue weighted by molar-refractivity contribution is 0.0469. The van der Waals surface area contributed by atoms with Crippen LogP contribution in [0.25, 0.3) is 0 Å². The van der Waals surface area contributed by atoms with Gasteiger partial charge in [0.15, 0.2) is 0 Å². The third-order valence-corrected chi connectivity index (χ3v) is 2.68. The van der Waals surface area contributed by atoms with E-state index >= 15 is 0 Å². The molecule has 0 saturated heterocycles. The van der Waals surface area contributed by atoms with Crippen LogP contribution in [0.2, 0.25) is 0 Å². The number of hydrogen-bond acceptors (Lipinski definition) is 2. The Bertz CT molecular complexity index is 171. The van der Waals surface area contributed by atoms with E-state index in [0.29, 0.717) is 5.84 Å². The Kier molecular flexibility index (Phi) is 2.73. The Morgan fingerprint density at radius 3 is 2.17 bits per heavy atom. The molecule has 3 nitrogen and oxygen atoms in total. The molecule has 0 spiro atoms. The second kappa shape index (κ2) is 3.44. The molecule has 0 aromatic rings. The van der Waals surface area contributed by atoms with E-state index in [0.717, 1.165) is 12.8 Å². The highest BCUT2D eigenvalue weighted by molar-refractivity contribution is 5.87. The van der Waals surface area contributed by atoms with Gasteiger partial charge in [0.1, 0.15) is 11.4 Å². The van der Waals surface area contributed by atoms with Gasteiger partial charge in [0.05, 0.1) is 0 Å². The molecule has 0 bridgehead atoms. The number of rotatable bonds is 2. The van der Waals surface area contributed by atoms with Crippen LogP contribution in [0.5, 0.6) is 0 Å². The average Bonchev–Trinajstić information content (AvgIpc) is 2.52. The largest absolute Gasteiger partial charge is 0.370 e. The standard InChI is InChI=1S/C9H18N2O/c1-11(2)8(10)9(12-3)6-4-5-7-9/h10H,4-7H2,1-3H3. The molecule has 1 aliphatic carbocycles. The summed E-state index contributed by atoms with van der Waals surface area (Å²) in [4.78, 5) is 1.84. The summed E-state index contributed by atoms with van der Waals surface area (Å²) in [5, 5.41) is 7.89. The van der Waals surface area contributed by atoms with E-state index in [1.807, 2.05) is 19.0 Å².